The van der Waals surface area contributed by atoms with Crippen molar-refractivity contribution >= 4 is 29.1 Å². The van der Waals surface area contributed by atoms with Crippen LogP contribution in [0.15, 0.2) is 53.6 Å². The van der Waals surface area contributed by atoms with Crippen molar-refractivity contribution in [1.82, 2.24) is 4.90 Å². The molecule has 8 heteroatoms. The quantitative estimate of drug-likeness (QED) is 0.403. The fraction of sp³-hybridized carbons (Fsp3) is 0.286. The van der Waals surface area contributed by atoms with E-state index in [0.717, 1.165) is 25.0 Å². The number of nitrogens with zero attached hydrogens (tertiary/aromatic N) is 1. The Morgan fingerprint density at radius 2 is 1.97 bits per heavy atom. The molecule has 0 spiro atoms. The van der Waals surface area contributed by atoms with Crippen molar-refractivity contribution in [1.29, 1.82) is 5.41 Å². The van der Waals surface area contributed by atoms with Gasteiger partial charge in [-0.3, -0.25) is 9.59 Å². The lowest BCUT2D eigenvalue weighted by Gasteiger charge is -2.31. The lowest BCUT2D eigenvalue weighted by Crippen LogP contribution is -2.40. The van der Waals surface area contributed by atoms with Gasteiger partial charge < -0.3 is 20.8 Å². The predicted octanol–water partition coefficient (Wildman–Crippen LogP) is 3.16. The molecule has 0 bridgehead atoms. The second-order valence-electron chi connectivity index (χ2n) is 6.48. The number of methoxy groups -OCH3 is 1. The first kappa shape index (κ1) is 22.5. The molecule has 1 aromatic carbocycles. The summed E-state index contributed by atoms with van der Waals surface area (Å²) in [6.07, 6.45) is 8.32. The van der Waals surface area contributed by atoms with Gasteiger partial charge in [-0.1, -0.05) is 17.7 Å². The molecule has 2 amide bonds. The number of carbonyl (C=O) groups is 2. The molecule has 3 N–H and O–H groups in total. The summed E-state index contributed by atoms with van der Waals surface area (Å²) in [6, 6.07) is 4.08. The van der Waals surface area contributed by atoms with Crippen LogP contribution in [-0.4, -0.2) is 48.7 Å². The zero-order chi connectivity index (χ0) is 21.4. The third-order valence-corrected chi connectivity index (χ3v) is 4.75. The third-order valence-electron chi connectivity index (χ3n) is 4.49. The summed E-state index contributed by atoms with van der Waals surface area (Å²) < 4.78 is 19.8. The normalized spacial score (nSPS) is 16.0. The molecule has 0 aromatic heterocycles. The van der Waals surface area contributed by atoms with Crippen LogP contribution in [0.1, 0.15) is 28.8 Å². The maximum atomic E-state index is 14.5. The Morgan fingerprint density at radius 1 is 1.28 bits per heavy atom. The Labute approximate surface area is 174 Å². The molecule has 1 aliphatic rings. The van der Waals surface area contributed by atoms with Gasteiger partial charge in [0.05, 0.1) is 11.8 Å². The number of rotatable bonds is 7. The van der Waals surface area contributed by atoms with Crippen molar-refractivity contribution in [3.05, 3.63) is 70.6 Å². The van der Waals surface area contributed by atoms with Crippen LogP contribution in [0.5, 0.6) is 0 Å². The van der Waals surface area contributed by atoms with Crippen LogP contribution in [0.4, 0.5) is 4.39 Å². The highest BCUT2D eigenvalue weighted by Crippen LogP contribution is 2.18. The van der Waals surface area contributed by atoms with Gasteiger partial charge in [0.25, 0.3) is 5.91 Å². The first-order valence-electron chi connectivity index (χ1n) is 9.03. The summed E-state index contributed by atoms with van der Waals surface area (Å²) in [4.78, 5) is 24.9. The molecule has 1 aliphatic heterocycles. The standard InChI is InChI=1S/C21H23ClFN3O3/c1-29-16-9-11-26(12-10-16)21(28)14-5-7-17(18(23)13-14)19(24)4-2-3-15(22)6-8-20(25)27/h2-8,13,16,24H,9-12H2,1H3,(H2,25,27)/b4-2-,8-6+,15-3-,24-19?. The number of ether oxygens (including phenoxy) is 1. The summed E-state index contributed by atoms with van der Waals surface area (Å²) in [5.74, 6) is -1.52. The van der Waals surface area contributed by atoms with Gasteiger partial charge in [0.2, 0.25) is 5.91 Å². The lowest BCUT2D eigenvalue weighted by molar-refractivity contribution is -0.113. The topological polar surface area (TPSA) is 96.5 Å². The number of halogens is 2. The Hall–Kier alpha value is -2.77. The number of hydrogen-bond acceptors (Lipinski definition) is 4. The minimum Gasteiger partial charge on any atom is -0.381 e. The molecule has 2 rings (SSSR count). The summed E-state index contributed by atoms with van der Waals surface area (Å²) in [7, 11) is 1.65. The van der Waals surface area contributed by atoms with Crippen LogP contribution in [0.2, 0.25) is 0 Å². The number of carbonyl (C=O) groups excluding carboxylic acids is 2. The highest BCUT2D eigenvalue weighted by atomic mass is 35.5. The van der Waals surface area contributed by atoms with Crippen LogP contribution in [0.25, 0.3) is 0 Å². The van der Waals surface area contributed by atoms with Crippen LogP contribution in [0, 0.1) is 11.2 Å². The molecule has 1 saturated heterocycles. The lowest BCUT2D eigenvalue weighted by atomic mass is 10.0. The first-order valence-corrected chi connectivity index (χ1v) is 9.41. The minimum absolute atomic E-state index is 0.0630. The summed E-state index contributed by atoms with van der Waals surface area (Å²) in [6.45, 7) is 1.13. The van der Waals surface area contributed by atoms with Crippen molar-refractivity contribution in [2.75, 3.05) is 20.2 Å². The van der Waals surface area contributed by atoms with Crippen LogP contribution >= 0.6 is 11.6 Å². The number of likely N-dealkylation sites (tertiary alicyclic amines) is 1. The smallest absolute Gasteiger partial charge is 0.253 e. The molecule has 1 heterocycles. The van der Waals surface area contributed by atoms with Gasteiger partial charge in [-0.25, -0.2) is 4.39 Å². The van der Waals surface area contributed by atoms with E-state index < -0.39 is 11.7 Å². The largest absolute Gasteiger partial charge is 0.381 e. The van der Waals surface area contributed by atoms with Gasteiger partial charge >= 0.3 is 0 Å². The zero-order valence-corrected chi connectivity index (χ0v) is 16.8. The Kier molecular flexibility index (Phi) is 8.30. The molecule has 154 valence electrons. The van der Waals surface area contributed by atoms with E-state index in [9.17, 15) is 14.0 Å². The number of nitrogens with one attached hydrogen (secondary N) is 1. The van der Waals surface area contributed by atoms with Gasteiger partial charge in [-0.2, -0.15) is 0 Å². The molecule has 0 unspecified atom stereocenters. The third kappa shape index (κ3) is 6.66. The van der Waals surface area contributed by atoms with E-state index in [4.69, 9.17) is 27.5 Å². The second-order valence-corrected chi connectivity index (χ2v) is 6.92. The highest BCUT2D eigenvalue weighted by molar-refractivity contribution is 6.31. The Morgan fingerprint density at radius 3 is 2.55 bits per heavy atom. The van der Waals surface area contributed by atoms with Crippen molar-refractivity contribution in [2.45, 2.75) is 18.9 Å². The van der Waals surface area contributed by atoms with E-state index in [-0.39, 0.29) is 33.9 Å². The number of nitrogens with two attached hydrogens (primary N) is 1. The predicted molar refractivity (Wildman–Crippen MR) is 111 cm³/mol. The van der Waals surface area contributed by atoms with E-state index in [1.165, 1.54) is 36.4 Å². The van der Waals surface area contributed by atoms with Crippen LogP contribution in [-0.2, 0) is 9.53 Å². The van der Waals surface area contributed by atoms with Crippen LogP contribution < -0.4 is 5.73 Å². The maximum Gasteiger partial charge on any atom is 0.253 e. The minimum atomic E-state index is -0.652. The van der Waals surface area contributed by atoms with Gasteiger partial charge in [-0.05, 0) is 49.3 Å². The number of hydrogen-bond donors (Lipinski definition) is 2. The van der Waals surface area contributed by atoms with Gasteiger partial charge in [0.1, 0.15) is 5.82 Å². The van der Waals surface area contributed by atoms with Crippen LogP contribution in [0.3, 0.4) is 0 Å². The molecule has 1 aromatic rings. The fourth-order valence-electron chi connectivity index (χ4n) is 2.89. The second kappa shape index (κ2) is 10.7. The number of allylic oxidation sites excluding steroid dienone is 5. The van der Waals surface area contributed by atoms with Crippen molar-refractivity contribution < 1.29 is 18.7 Å². The van der Waals surface area contributed by atoms with E-state index in [1.807, 2.05) is 0 Å². The fourth-order valence-corrected chi connectivity index (χ4v) is 3.02. The molecule has 1 fully saturated rings. The molecule has 0 atom stereocenters. The monoisotopic (exact) mass is 419 g/mol. The van der Waals surface area contributed by atoms with Crippen molar-refractivity contribution in [3.8, 4) is 0 Å². The van der Waals surface area contributed by atoms with E-state index in [1.54, 1.807) is 12.0 Å². The Balaban J connectivity index is 2.04. The number of primary amides is 1. The van der Waals surface area contributed by atoms with Gasteiger partial charge in [0.15, 0.2) is 0 Å². The zero-order valence-electron chi connectivity index (χ0n) is 16.0. The average molecular weight is 420 g/mol. The van der Waals surface area contributed by atoms with Gasteiger partial charge in [-0.15, -0.1) is 0 Å². The molecular formula is C21H23ClFN3O3. The van der Waals surface area contributed by atoms with Crippen molar-refractivity contribution in [2.24, 2.45) is 5.73 Å². The molecule has 0 saturated carbocycles. The molecular weight excluding hydrogens is 397 g/mol. The number of benzene rings is 1. The maximum absolute atomic E-state index is 14.5. The SMILES string of the molecule is COC1CCN(C(=O)c2ccc(C(=N)\C=C/C=C(Cl)/C=C/C(N)=O)c(F)c2)CC1. The summed E-state index contributed by atoms with van der Waals surface area (Å²) >= 11 is 5.85. The number of amides is 2. The molecule has 0 radical (unpaired) electrons. The number of piperidine rings is 1. The summed E-state index contributed by atoms with van der Waals surface area (Å²) in [5, 5.41) is 8.23. The molecule has 6 nitrogen and oxygen atoms in total. The van der Waals surface area contributed by atoms with E-state index in [0.29, 0.717) is 13.1 Å². The highest BCUT2D eigenvalue weighted by Gasteiger charge is 2.24. The first-order chi connectivity index (χ1) is 13.8. The van der Waals surface area contributed by atoms with Gasteiger partial charge in [0, 0.05) is 42.4 Å². The summed E-state index contributed by atoms with van der Waals surface area (Å²) in [5.41, 5.74) is 5.20. The average Bonchev–Trinajstić information content (AvgIpc) is 2.71. The Bertz CT molecular complexity index is 872. The van der Waals surface area contributed by atoms with Crippen molar-refractivity contribution in [3.63, 3.8) is 0 Å². The molecule has 0 aliphatic carbocycles. The van der Waals surface area contributed by atoms with E-state index in [2.05, 4.69) is 0 Å². The van der Waals surface area contributed by atoms with E-state index >= 15 is 0 Å². The molecule has 29 heavy (non-hydrogen) atoms.